The lowest BCUT2D eigenvalue weighted by Gasteiger charge is -2.25. The third-order valence-corrected chi connectivity index (χ3v) is 6.89. The molecule has 2 heterocycles. The van der Waals surface area contributed by atoms with E-state index in [1.165, 1.54) is 24.5 Å². The summed E-state index contributed by atoms with van der Waals surface area (Å²) in [6, 6.07) is 6.18. The molecule has 1 fully saturated rings. The molecular formula is C27H31ClFN7O3. The van der Waals surface area contributed by atoms with Crippen molar-refractivity contribution in [2.45, 2.75) is 38.7 Å². The van der Waals surface area contributed by atoms with Gasteiger partial charge >= 0.3 is 0 Å². The molecule has 10 nitrogen and oxygen atoms in total. The van der Waals surface area contributed by atoms with Gasteiger partial charge < -0.3 is 30.7 Å². The molecule has 1 aliphatic rings. The molecule has 4 rings (SSSR count). The van der Waals surface area contributed by atoms with Crippen LogP contribution in [-0.4, -0.2) is 46.2 Å². The molecule has 1 aromatic heterocycles. The lowest BCUT2D eigenvalue weighted by Crippen LogP contribution is -2.22. The molecule has 4 N–H and O–H groups in total. The zero-order valence-corrected chi connectivity index (χ0v) is 22.8. The van der Waals surface area contributed by atoms with Gasteiger partial charge in [0.05, 0.1) is 34.8 Å². The monoisotopic (exact) mass is 555 g/mol. The SMILES string of the molecule is C=CC(=O)Nc1cc(Nc2ncnc(Nc3cc(Cl)c(F)cc3C(C)(O)CC)n2)c(OC)cc1N1CCCC1. The Hall–Kier alpha value is -3.96. The first-order valence-electron chi connectivity index (χ1n) is 12.5. The molecule has 12 heteroatoms. The van der Waals surface area contributed by atoms with Crippen molar-refractivity contribution >= 4 is 52.2 Å². The fourth-order valence-electron chi connectivity index (χ4n) is 4.28. The predicted octanol–water partition coefficient (Wildman–Crippen LogP) is 5.50. The quantitative estimate of drug-likeness (QED) is 0.240. The average molecular weight is 556 g/mol. The van der Waals surface area contributed by atoms with Crippen molar-refractivity contribution < 1.29 is 19.0 Å². The summed E-state index contributed by atoms with van der Waals surface area (Å²) in [6.07, 6.45) is 4.97. The van der Waals surface area contributed by atoms with E-state index in [1.54, 1.807) is 27.0 Å². The van der Waals surface area contributed by atoms with Crippen molar-refractivity contribution in [1.82, 2.24) is 15.0 Å². The second-order valence-electron chi connectivity index (χ2n) is 9.28. The minimum Gasteiger partial charge on any atom is -0.494 e. The van der Waals surface area contributed by atoms with Crippen LogP contribution in [0.15, 0.2) is 43.2 Å². The van der Waals surface area contributed by atoms with Crippen molar-refractivity contribution in [3.63, 3.8) is 0 Å². The number of hydrogen-bond acceptors (Lipinski definition) is 9. The topological polar surface area (TPSA) is 125 Å². The summed E-state index contributed by atoms with van der Waals surface area (Å²) in [4.78, 5) is 27.1. The maximum Gasteiger partial charge on any atom is 0.247 e. The molecule has 1 unspecified atom stereocenters. The largest absolute Gasteiger partial charge is 0.494 e. The summed E-state index contributed by atoms with van der Waals surface area (Å²) >= 11 is 6.02. The van der Waals surface area contributed by atoms with Crippen molar-refractivity contribution in [2.24, 2.45) is 0 Å². The van der Waals surface area contributed by atoms with Gasteiger partial charge in [-0.05, 0) is 50.5 Å². The predicted molar refractivity (Wildman–Crippen MR) is 151 cm³/mol. The van der Waals surface area contributed by atoms with E-state index in [2.05, 4.69) is 42.4 Å². The average Bonchev–Trinajstić information content (AvgIpc) is 3.45. The Bertz CT molecular complexity index is 1380. The van der Waals surface area contributed by atoms with Crippen molar-refractivity contribution in [2.75, 3.05) is 41.0 Å². The molecule has 0 spiro atoms. The number of nitrogens with one attached hydrogen (secondary N) is 3. The van der Waals surface area contributed by atoms with Gasteiger partial charge in [-0.1, -0.05) is 25.1 Å². The molecule has 3 aromatic rings. The molecule has 0 saturated carbocycles. The maximum absolute atomic E-state index is 14.2. The van der Waals surface area contributed by atoms with E-state index in [4.69, 9.17) is 16.3 Å². The van der Waals surface area contributed by atoms with Gasteiger partial charge in [-0.3, -0.25) is 4.79 Å². The lowest BCUT2D eigenvalue weighted by molar-refractivity contribution is -0.111. The first-order chi connectivity index (χ1) is 18.6. The third-order valence-electron chi connectivity index (χ3n) is 6.60. The van der Waals surface area contributed by atoms with Crippen LogP contribution in [0.25, 0.3) is 0 Å². The van der Waals surface area contributed by atoms with E-state index < -0.39 is 11.4 Å². The number of halogens is 2. The standard InChI is InChI=1S/C27H31ClFN7O3/c1-5-24(37)32-20-13-21(23(39-4)14-22(20)36-9-7-8-10-36)34-26-31-15-30-25(35-26)33-19-12-17(28)18(29)11-16(19)27(3,38)6-2/h5,11-15,38H,1,6-10H2,2-4H3,(H,32,37)(H2,30,31,33,34,35). The maximum atomic E-state index is 14.2. The Labute approximate surface area is 231 Å². The summed E-state index contributed by atoms with van der Waals surface area (Å²) < 4.78 is 19.9. The van der Waals surface area contributed by atoms with Gasteiger partial charge in [0.1, 0.15) is 17.9 Å². The lowest BCUT2D eigenvalue weighted by atomic mass is 9.91. The Kier molecular flexibility index (Phi) is 8.51. The Morgan fingerprint density at radius 1 is 1.18 bits per heavy atom. The highest BCUT2D eigenvalue weighted by atomic mass is 35.5. The van der Waals surface area contributed by atoms with Crippen molar-refractivity contribution in [1.29, 1.82) is 0 Å². The number of benzene rings is 2. The Balaban J connectivity index is 1.67. The van der Waals surface area contributed by atoms with Crippen LogP contribution in [-0.2, 0) is 10.4 Å². The molecule has 2 aromatic carbocycles. The van der Waals surface area contributed by atoms with Crippen molar-refractivity contribution in [3.8, 4) is 5.75 Å². The minimum absolute atomic E-state index is 0.113. The number of aromatic nitrogens is 3. The van der Waals surface area contributed by atoms with E-state index in [-0.39, 0.29) is 22.8 Å². The van der Waals surface area contributed by atoms with Crippen LogP contribution in [0.3, 0.4) is 0 Å². The first kappa shape index (κ1) is 28.1. The van der Waals surface area contributed by atoms with E-state index in [9.17, 15) is 14.3 Å². The van der Waals surface area contributed by atoms with Gasteiger partial charge in [0.25, 0.3) is 0 Å². The zero-order valence-electron chi connectivity index (χ0n) is 22.0. The number of rotatable bonds is 10. The van der Waals surface area contributed by atoms with Gasteiger partial charge in [0, 0.05) is 30.4 Å². The number of hydrogen-bond donors (Lipinski definition) is 4. The molecule has 0 bridgehead atoms. The van der Waals surface area contributed by atoms with Crippen LogP contribution >= 0.6 is 11.6 Å². The van der Waals surface area contributed by atoms with Gasteiger partial charge in [-0.25, -0.2) is 14.4 Å². The minimum atomic E-state index is -1.32. The summed E-state index contributed by atoms with van der Waals surface area (Å²) in [7, 11) is 1.55. The normalized spacial score (nSPS) is 14.5. The molecule has 1 atom stereocenters. The number of amides is 1. The summed E-state index contributed by atoms with van der Waals surface area (Å²) in [5.74, 6) is -0.147. The van der Waals surface area contributed by atoms with Gasteiger partial charge in [0.15, 0.2) is 0 Å². The van der Waals surface area contributed by atoms with E-state index in [1.807, 2.05) is 6.07 Å². The highest BCUT2D eigenvalue weighted by molar-refractivity contribution is 6.31. The van der Waals surface area contributed by atoms with Gasteiger partial charge in [-0.15, -0.1) is 0 Å². The third kappa shape index (κ3) is 6.37. The highest BCUT2D eigenvalue weighted by Gasteiger charge is 2.26. The van der Waals surface area contributed by atoms with E-state index >= 15 is 0 Å². The molecule has 0 radical (unpaired) electrons. The van der Waals surface area contributed by atoms with Crippen LogP contribution in [0, 0.1) is 5.82 Å². The van der Waals surface area contributed by atoms with Crippen LogP contribution in [0.4, 0.5) is 39.0 Å². The number of aliphatic hydroxyl groups is 1. The summed E-state index contributed by atoms with van der Waals surface area (Å²) in [5, 5.41) is 19.7. The Morgan fingerprint density at radius 2 is 1.85 bits per heavy atom. The zero-order chi connectivity index (χ0) is 28.2. The van der Waals surface area contributed by atoms with Crippen LogP contribution in [0.1, 0.15) is 38.7 Å². The van der Waals surface area contributed by atoms with Gasteiger partial charge in [-0.2, -0.15) is 4.98 Å². The number of methoxy groups -OCH3 is 1. The number of carbonyl (C=O) groups is 1. The molecule has 1 saturated heterocycles. The Morgan fingerprint density at radius 3 is 2.46 bits per heavy atom. The van der Waals surface area contributed by atoms with Crippen molar-refractivity contribution in [3.05, 3.63) is 59.7 Å². The molecule has 1 aliphatic heterocycles. The molecule has 206 valence electrons. The second-order valence-corrected chi connectivity index (χ2v) is 9.69. The second kappa shape index (κ2) is 11.8. The smallest absolute Gasteiger partial charge is 0.247 e. The first-order valence-corrected chi connectivity index (χ1v) is 12.9. The fourth-order valence-corrected chi connectivity index (χ4v) is 4.45. The molecular weight excluding hydrogens is 525 g/mol. The van der Waals surface area contributed by atoms with E-state index in [0.717, 1.165) is 31.6 Å². The molecule has 39 heavy (non-hydrogen) atoms. The summed E-state index contributed by atoms with van der Waals surface area (Å²) in [5.41, 5.74) is 1.28. The number of nitrogens with zero attached hydrogens (tertiary/aromatic N) is 4. The number of anilines is 6. The van der Waals surface area contributed by atoms with E-state index in [0.29, 0.717) is 34.8 Å². The van der Waals surface area contributed by atoms with Gasteiger partial charge in [0.2, 0.25) is 17.8 Å². The number of carbonyl (C=O) groups excluding carboxylic acids is 1. The molecule has 0 aliphatic carbocycles. The fraction of sp³-hybridized carbons (Fsp3) is 0.333. The highest BCUT2D eigenvalue weighted by Crippen LogP contribution is 2.40. The van der Waals surface area contributed by atoms with Crippen LogP contribution in [0.2, 0.25) is 5.02 Å². The molecule has 1 amide bonds. The number of ether oxygens (including phenoxy) is 1. The van der Waals surface area contributed by atoms with Crippen LogP contribution in [0.5, 0.6) is 5.75 Å². The summed E-state index contributed by atoms with van der Waals surface area (Å²) in [6.45, 7) is 8.66. The van der Waals surface area contributed by atoms with Crippen LogP contribution < -0.4 is 25.6 Å².